The van der Waals surface area contributed by atoms with Crippen LogP contribution in [0.25, 0.3) is 10.9 Å². The lowest BCUT2D eigenvalue weighted by Crippen LogP contribution is -2.38. The molecule has 1 aromatic heterocycles. The molecule has 1 aromatic carbocycles. The van der Waals surface area contributed by atoms with Crippen molar-refractivity contribution in [3.8, 4) is 5.75 Å². The highest BCUT2D eigenvalue weighted by atomic mass is 35.5. The second-order valence-corrected chi connectivity index (χ2v) is 8.04. The molecule has 0 aliphatic carbocycles. The molecule has 2 heterocycles. The fourth-order valence-electron chi connectivity index (χ4n) is 2.55. The Hall–Kier alpha value is -1.86. The number of nitrogens with zero attached hydrogens (tertiary/aromatic N) is 1. The van der Waals surface area contributed by atoms with E-state index in [0.717, 1.165) is 5.39 Å². The molecule has 6 nitrogen and oxygen atoms in total. The third-order valence-electron chi connectivity index (χ3n) is 3.64. The van der Waals surface area contributed by atoms with E-state index in [9.17, 15) is 13.2 Å². The van der Waals surface area contributed by atoms with Gasteiger partial charge in [-0.15, -0.1) is 0 Å². The summed E-state index contributed by atoms with van der Waals surface area (Å²) in [7, 11) is -3.02. The van der Waals surface area contributed by atoms with E-state index in [1.54, 1.807) is 24.4 Å². The predicted molar refractivity (Wildman–Crippen MR) is 87.4 cm³/mol. The molecule has 1 saturated heterocycles. The number of benzene rings is 1. The van der Waals surface area contributed by atoms with Gasteiger partial charge in [0, 0.05) is 17.6 Å². The summed E-state index contributed by atoms with van der Waals surface area (Å²) < 4.78 is 28.3. The van der Waals surface area contributed by atoms with Crippen LogP contribution in [0.5, 0.6) is 5.75 Å². The van der Waals surface area contributed by atoms with Gasteiger partial charge in [-0.05, 0) is 30.7 Å². The summed E-state index contributed by atoms with van der Waals surface area (Å²) in [5.74, 6) is 0.208. The smallest absolute Gasteiger partial charge is 0.258 e. The summed E-state index contributed by atoms with van der Waals surface area (Å²) >= 11 is 6.10. The number of nitrogens with one attached hydrogen (secondary N) is 1. The van der Waals surface area contributed by atoms with Gasteiger partial charge in [0.15, 0.2) is 16.4 Å². The summed E-state index contributed by atoms with van der Waals surface area (Å²) in [4.78, 5) is 16.1. The average molecular weight is 355 g/mol. The molecular formula is C15H15ClN2O4S. The third-order valence-corrected chi connectivity index (χ3v) is 5.73. The molecule has 8 heteroatoms. The van der Waals surface area contributed by atoms with Crippen LogP contribution in [0.1, 0.15) is 6.42 Å². The SMILES string of the molecule is O=C(COc1ccc(Cl)c2cccnc12)NC1CCS(=O)(=O)C1. The largest absolute Gasteiger partial charge is 0.481 e. The Balaban J connectivity index is 1.65. The van der Waals surface area contributed by atoms with Gasteiger partial charge in [-0.2, -0.15) is 0 Å². The second-order valence-electron chi connectivity index (χ2n) is 5.40. The number of ether oxygens (including phenoxy) is 1. The van der Waals surface area contributed by atoms with Gasteiger partial charge in [-0.1, -0.05) is 11.6 Å². The summed E-state index contributed by atoms with van der Waals surface area (Å²) in [6.07, 6.45) is 2.06. The lowest BCUT2D eigenvalue weighted by Gasteiger charge is -2.12. The highest BCUT2D eigenvalue weighted by molar-refractivity contribution is 7.91. The molecule has 1 aliphatic rings. The van der Waals surface area contributed by atoms with E-state index in [4.69, 9.17) is 16.3 Å². The van der Waals surface area contributed by atoms with Crippen LogP contribution in [0.4, 0.5) is 0 Å². The van der Waals surface area contributed by atoms with Crippen molar-refractivity contribution >= 4 is 38.2 Å². The zero-order valence-electron chi connectivity index (χ0n) is 12.2. The van der Waals surface area contributed by atoms with E-state index < -0.39 is 9.84 Å². The van der Waals surface area contributed by atoms with Crippen LogP contribution in [0.2, 0.25) is 5.02 Å². The van der Waals surface area contributed by atoms with E-state index in [1.807, 2.05) is 6.07 Å². The Morgan fingerprint density at radius 1 is 1.39 bits per heavy atom. The minimum absolute atomic E-state index is 0.00975. The Labute approximate surface area is 138 Å². The van der Waals surface area contributed by atoms with Crippen molar-refractivity contribution in [2.24, 2.45) is 0 Å². The standard InChI is InChI=1S/C15H15ClN2O4S/c16-12-3-4-13(15-11(12)2-1-6-17-15)22-8-14(19)18-10-5-7-23(20,21)9-10/h1-4,6,10H,5,7-9H2,(H,18,19). The first kappa shape index (κ1) is 16.0. The lowest BCUT2D eigenvalue weighted by molar-refractivity contribution is -0.123. The second kappa shape index (κ2) is 6.33. The normalized spacial score (nSPS) is 19.6. The van der Waals surface area contributed by atoms with Crippen molar-refractivity contribution < 1.29 is 17.9 Å². The number of hydrogen-bond acceptors (Lipinski definition) is 5. The van der Waals surface area contributed by atoms with Gasteiger partial charge < -0.3 is 10.1 Å². The number of fused-ring (bicyclic) bond motifs is 1. The molecule has 1 aliphatic heterocycles. The van der Waals surface area contributed by atoms with E-state index >= 15 is 0 Å². The van der Waals surface area contributed by atoms with E-state index in [0.29, 0.717) is 22.7 Å². The van der Waals surface area contributed by atoms with Crippen LogP contribution in [0, 0.1) is 0 Å². The molecule has 122 valence electrons. The van der Waals surface area contributed by atoms with Gasteiger partial charge in [-0.3, -0.25) is 9.78 Å². The van der Waals surface area contributed by atoms with Crippen molar-refractivity contribution in [1.29, 1.82) is 0 Å². The van der Waals surface area contributed by atoms with Gasteiger partial charge in [-0.25, -0.2) is 8.42 Å². The van der Waals surface area contributed by atoms with Crippen molar-refractivity contribution in [3.05, 3.63) is 35.5 Å². The number of carbonyl (C=O) groups is 1. The first-order valence-electron chi connectivity index (χ1n) is 7.10. The number of amides is 1. The quantitative estimate of drug-likeness (QED) is 0.900. The van der Waals surface area contributed by atoms with Crippen molar-refractivity contribution in [1.82, 2.24) is 10.3 Å². The maximum atomic E-state index is 11.9. The molecule has 1 fully saturated rings. The molecule has 1 unspecified atom stereocenters. The third kappa shape index (κ3) is 3.73. The molecule has 0 bridgehead atoms. The van der Waals surface area contributed by atoms with E-state index in [2.05, 4.69) is 10.3 Å². The highest BCUT2D eigenvalue weighted by Crippen LogP contribution is 2.29. The molecule has 0 saturated carbocycles. The first-order chi connectivity index (χ1) is 10.9. The molecular weight excluding hydrogens is 340 g/mol. The highest BCUT2D eigenvalue weighted by Gasteiger charge is 2.28. The zero-order valence-corrected chi connectivity index (χ0v) is 13.7. The summed E-state index contributed by atoms with van der Waals surface area (Å²) in [6.45, 7) is -0.205. The van der Waals surface area contributed by atoms with Crippen molar-refractivity contribution in [2.75, 3.05) is 18.1 Å². The molecule has 1 N–H and O–H groups in total. The number of rotatable bonds is 4. The zero-order chi connectivity index (χ0) is 16.4. The summed E-state index contributed by atoms with van der Waals surface area (Å²) in [6, 6.07) is 6.59. The first-order valence-corrected chi connectivity index (χ1v) is 9.30. The number of carbonyl (C=O) groups excluding carboxylic acids is 1. The minimum atomic E-state index is -3.02. The van der Waals surface area contributed by atoms with Crippen LogP contribution in [0.3, 0.4) is 0 Å². The molecule has 2 aromatic rings. The Kier molecular flexibility index (Phi) is 4.41. The van der Waals surface area contributed by atoms with Crippen LogP contribution >= 0.6 is 11.6 Å². The van der Waals surface area contributed by atoms with Gasteiger partial charge in [0.1, 0.15) is 11.3 Å². The number of halogens is 1. The molecule has 0 spiro atoms. The number of sulfone groups is 1. The Bertz CT molecular complexity index is 854. The molecule has 1 atom stereocenters. The maximum absolute atomic E-state index is 11.9. The summed E-state index contributed by atoms with van der Waals surface area (Å²) in [5.41, 5.74) is 0.580. The van der Waals surface area contributed by atoms with Gasteiger partial charge in [0.25, 0.3) is 5.91 Å². The lowest BCUT2D eigenvalue weighted by atomic mass is 10.2. The molecule has 3 rings (SSSR count). The number of hydrogen-bond donors (Lipinski definition) is 1. The van der Waals surface area contributed by atoms with Crippen molar-refractivity contribution in [2.45, 2.75) is 12.5 Å². The fourth-order valence-corrected chi connectivity index (χ4v) is 4.44. The number of pyridine rings is 1. The van der Waals surface area contributed by atoms with Crippen LogP contribution in [-0.2, 0) is 14.6 Å². The van der Waals surface area contributed by atoms with E-state index in [1.165, 1.54) is 0 Å². The Morgan fingerprint density at radius 3 is 2.96 bits per heavy atom. The number of aromatic nitrogens is 1. The van der Waals surface area contributed by atoms with Gasteiger partial charge in [0.05, 0.1) is 16.5 Å². The van der Waals surface area contributed by atoms with Gasteiger partial charge >= 0.3 is 0 Å². The molecule has 1 amide bonds. The van der Waals surface area contributed by atoms with Crippen LogP contribution < -0.4 is 10.1 Å². The fraction of sp³-hybridized carbons (Fsp3) is 0.333. The van der Waals surface area contributed by atoms with E-state index in [-0.39, 0.29) is 30.1 Å². The van der Waals surface area contributed by atoms with Crippen molar-refractivity contribution in [3.63, 3.8) is 0 Å². The monoisotopic (exact) mass is 354 g/mol. The van der Waals surface area contributed by atoms with Gasteiger partial charge in [0.2, 0.25) is 0 Å². The molecule has 0 radical (unpaired) electrons. The predicted octanol–water partition coefficient (Wildman–Crippen LogP) is 1.57. The maximum Gasteiger partial charge on any atom is 0.258 e. The Morgan fingerprint density at radius 2 is 2.22 bits per heavy atom. The topological polar surface area (TPSA) is 85.4 Å². The minimum Gasteiger partial charge on any atom is -0.481 e. The average Bonchev–Trinajstić information content (AvgIpc) is 2.86. The van der Waals surface area contributed by atoms with Crippen LogP contribution in [0.15, 0.2) is 30.5 Å². The molecule has 23 heavy (non-hydrogen) atoms. The van der Waals surface area contributed by atoms with Crippen LogP contribution in [-0.4, -0.2) is 43.5 Å². The summed E-state index contributed by atoms with van der Waals surface area (Å²) in [5, 5.41) is 3.98.